The molecule has 2 heterocycles. The molecule has 158 valence electrons. The van der Waals surface area contributed by atoms with Gasteiger partial charge in [0.25, 0.3) is 0 Å². The van der Waals surface area contributed by atoms with E-state index in [1.807, 2.05) is 13.0 Å². The molecule has 0 aliphatic carbocycles. The number of benzene rings is 2. The van der Waals surface area contributed by atoms with Gasteiger partial charge in [-0.15, -0.1) is 0 Å². The van der Waals surface area contributed by atoms with Crippen molar-refractivity contribution in [2.24, 2.45) is 0 Å². The van der Waals surface area contributed by atoms with Crippen LogP contribution in [0.25, 0.3) is 10.9 Å². The van der Waals surface area contributed by atoms with Crippen LogP contribution in [0.15, 0.2) is 53.3 Å². The number of para-hydroxylation sites is 1. The first-order valence-corrected chi connectivity index (χ1v) is 11.1. The minimum atomic E-state index is 0.188. The van der Waals surface area contributed by atoms with Gasteiger partial charge >= 0.3 is 0 Å². The van der Waals surface area contributed by atoms with Crippen LogP contribution in [-0.2, 0) is 6.54 Å². The molecule has 5 heteroatoms. The highest BCUT2D eigenvalue weighted by atomic mass is 16.1. The van der Waals surface area contributed by atoms with Crippen LogP contribution < -0.4 is 20.1 Å². The third-order valence-electron chi connectivity index (χ3n) is 6.44. The smallest absolute Gasteiger partial charge is 0.198 e. The molecular weight excluding hydrogens is 372 g/mol. The number of anilines is 2. The molecule has 0 radical (unpaired) electrons. The zero-order valence-electron chi connectivity index (χ0n) is 18.4. The Morgan fingerprint density at radius 1 is 1.03 bits per heavy atom. The molecule has 2 aromatic carbocycles. The topological polar surface area (TPSA) is 43.8 Å². The van der Waals surface area contributed by atoms with E-state index in [1.54, 1.807) is 0 Å². The van der Waals surface area contributed by atoms with Crippen molar-refractivity contribution in [1.82, 2.24) is 4.98 Å². The van der Waals surface area contributed by atoms with E-state index >= 15 is 0 Å². The van der Waals surface area contributed by atoms with Gasteiger partial charge in [0.15, 0.2) is 5.43 Å². The maximum Gasteiger partial charge on any atom is 0.198 e. The molecule has 0 spiro atoms. The summed E-state index contributed by atoms with van der Waals surface area (Å²) in [6, 6.07) is 16.8. The fourth-order valence-electron chi connectivity index (χ4n) is 4.58. The third kappa shape index (κ3) is 4.08. The van der Waals surface area contributed by atoms with Gasteiger partial charge in [-0.05, 0) is 51.1 Å². The summed E-state index contributed by atoms with van der Waals surface area (Å²) < 4.78 is 0. The zero-order valence-corrected chi connectivity index (χ0v) is 18.4. The maximum absolute atomic E-state index is 13.4. The fraction of sp³-hybridized carbons (Fsp3) is 0.400. The molecule has 0 amide bonds. The first-order chi connectivity index (χ1) is 14.6. The minimum Gasteiger partial charge on any atom is -0.372 e. The lowest BCUT2D eigenvalue weighted by atomic mass is 10.1. The summed E-state index contributed by atoms with van der Waals surface area (Å²) in [5.41, 5.74) is 5.47. The Balaban J connectivity index is 1.55. The summed E-state index contributed by atoms with van der Waals surface area (Å²) in [4.78, 5) is 23.1. The molecule has 0 atom stereocenters. The molecule has 0 bridgehead atoms. The van der Waals surface area contributed by atoms with Gasteiger partial charge < -0.3 is 19.7 Å². The van der Waals surface area contributed by atoms with Crippen molar-refractivity contribution < 1.29 is 4.90 Å². The molecule has 4 rings (SSSR count). The van der Waals surface area contributed by atoms with Crippen molar-refractivity contribution in [3.63, 3.8) is 0 Å². The largest absolute Gasteiger partial charge is 0.372 e. The van der Waals surface area contributed by atoms with Crippen LogP contribution in [-0.4, -0.2) is 44.3 Å². The molecule has 0 saturated carbocycles. The second-order valence-corrected chi connectivity index (χ2v) is 8.21. The number of nitrogens with one attached hydrogen (secondary N) is 2. The number of quaternary nitrogens is 1. The Morgan fingerprint density at radius 2 is 1.73 bits per heavy atom. The summed E-state index contributed by atoms with van der Waals surface area (Å²) >= 11 is 0. The van der Waals surface area contributed by atoms with Crippen molar-refractivity contribution in [2.45, 2.75) is 27.3 Å². The molecule has 1 fully saturated rings. The quantitative estimate of drug-likeness (QED) is 0.663. The molecule has 0 unspecified atom stereocenters. The van der Waals surface area contributed by atoms with Gasteiger partial charge in [0.05, 0.1) is 31.7 Å². The molecular formula is C25H33N4O+. The van der Waals surface area contributed by atoms with E-state index in [2.05, 4.69) is 71.1 Å². The first kappa shape index (κ1) is 20.5. The van der Waals surface area contributed by atoms with Crippen LogP contribution >= 0.6 is 0 Å². The lowest BCUT2D eigenvalue weighted by Crippen LogP contribution is -3.13. The highest BCUT2D eigenvalue weighted by Gasteiger charge is 2.23. The van der Waals surface area contributed by atoms with Gasteiger partial charge in [0, 0.05) is 41.1 Å². The Hall–Kier alpha value is -2.79. The third-order valence-corrected chi connectivity index (χ3v) is 6.44. The van der Waals surface area contributed by atoms with Crippen LogP contribution in [0.5, 0.6) is 0 Å². The lowest BCUT2D eigenvalue weighted by molar-refractivity contribution is -0.914. The van der Waals surface area contributed by atoms with E-state index in [4.69, 9.17) is 0 Å². The van der Waals surface area contributed by atoms with Crippen LogP contribution in [0.4, 0.5) is 11.4 Å². The van der Waals surface area contributed by atoms with Crippen LogP contribution in [0, 0.1) is 6.92 Å². The summed E-state index contributed by atoms with van der Waals surface area (Å²) in [5, 5.41) is 0.808. The van der Waals surface area contributed by atoms with Gasteiger partial charge in [-0.3, -0.25) is 4.79 Å². The van der Waals surface area contributed by atoms with Crippen LogP contribution in [0.3, 0.4) is 0 Å². The van der Waals surface area contributed by atoms with Crippen molar-refractivity contribution in [3.05, 3.63) is 70.0 Å². The van der Waals surface area contributed by atoms with E-state index in [9.17, 15) is 4.79 Å². The van der Waals surface area contributed by atoms with E-state index < -0.39 is 0 Å². The van der Waals surface area contributed by atoms with Gasteiger partial charge in [-0.2, -0.15) is 0 Å². The predicted molar refractivity (Wildman–Crippen MR) is 126 cm³/mol. The monoisotopic (exact) mass is 405 g/mol. The molecule has 1 aliphatic heterocycles. The number of aromatic nitrogens is 1. The van der Waals surface area contributed by atoms with Crippen molar-refractivity contribution in [1.29, 1.82) is 0 Å². The summed E-state index contributed by atoms with van der Waals surface area (Å²) in [7, 11) is 0. The highest BCUT2D eigenvalue weighted by Crippen LogP contribution is 2.20. The maximum atomic E-state index is 13.4. The average Bonchev–Trinajstić information content (AvgIpc) is 2.79. The van der Waals surface area contributed by atoms with Crippen LogP contribution in [0.1, 0.15) is 25.1 Å². The fourth-order valence-corrected chi connectivity index (χ4v) is 4.58. The van der Waals surface area contributed by atoms with Gasteiger partial charge in [-0.25, -0.2) is 0 Å². The van der Waals surface area contributed by atoms with Gasteiger partial charge in [0.1, 0.15) is 6.54 Å². The van der Waals surface area contributed by atoms with Crippen LogP contribution in [0.2, 0.25) is 0 Å². The minimum absolute atomic E-state index is 0.188. The summed E-state index contributed by atoms with van der Waals surface area (Å²) in [6.07, 6.45) is 0. The lowest BCUT2D eigenvalue weighted by Gasteiger charge is -2.33. The number of hydrogen-bond acceptors (Lipinski definition) is 3. The highest BCUT2D eigenvalue weighted by molar-refractivity contribution is 5.83. The Bertz CT molecular complexity index is 1050. The van der Waals surface area contributed by atoms with E-state index in [0.717, 1.165) is 73.7 Å². The Morgan fingerprint density at radius 3 is 2.40 bits per heavy atom. The number of rotatable bonds is 6. The Kier molecular flexibility index (Phi) is 6.09. The average molecular weight is 406 g/mol. The van der Waals surface area contributed by atoms with E-state index in [-0.39, 0.29) is 5.43 Å². The molecule has 1 aliphatic rings. The van der Waals surface area contributed by atoms with E-state index in [0.29, 0.717) is 0 Å². The Labute approximate surface area is 178 Å². The molecule has 2 N–H and O–H groups in total. The number of hydrogen-bond donors (Lipinski definition) is 2. The second kappa shape index (κ2) is 8.92. The molecule has 30 heavy (non-hydrogen) atoms. The zero-order chi connectivity index (χ0) is 21.1. The summed E-state index contributed by atoms with van der Waals surface area (Å²) in [5.74, 6) is 0. The van der Waals surface area contributed by atoms with Crippen molar-refractivity contribution in [3.8, 4) is 0 Å². The summed E-state index contributed by atoms with van der Waals surface area (Å²) in [6.45, 7) is 13.1. The number of aromatic amines is 1. The first-order valence-electron chi connectivity index (χ1n) is 11.1. The van der Waals surface area contributed by atoms with Crippen molar-refractivity contribution in [2.75, 3.05) is 49.1 Å². The predicted octanol–water partition coefficient (Wildman–Crippen LogP) is 2.59. The SMILES string of the molecule is CCN(CC)c1ccc2[nH]c(C)c(C[NH+]3CCN(c4ccccc4)CC3)c(=O)c2c1. The molecule has 1 aromatic heterocycles. The van der Waals surface area contributed by atoms with Gasteiger partial charge in [0.2, 0.25) is 0 Å². The van der Waals surface area contributed by atoms with E-state index in [1.165, 1.54) is 10.6 Å². The normalized spacial score (nSPS) is 15.0. The second-order valence-electron chi connectivity index (χ2n) is 8.21. The number of fused-ring (bicyclic) bond motifs is 1. The van der Waals surface area contributed by atoms with Crippen molar-refractivity contribution >= 4 is 22.3 Å². The number of H-pyrrole nitrogens is 1. The molecule has 1 saturated heterocycles. The molecule has 3 aromatic rings. The number of piperazine rings is 1. The standard InChI is InChI=1S/C25H32N4O/c1-4-28(5-2)21-11-12-24-22(17-21)25(30)23(19(3)26-24)18-27-13-15-29(16-14-27)20-9-7-6-8-10-20/h6-12,17H,4-5,13-16,18H2,1-3H3,(H,26,30)/p+1. The molecule has 5 nitrogen and oxygen atoms in total. The number of aryl methyl sites for hydroxylation is 1. The number of nitrogens with zero attached hydrogens (tertiary/aromatic N) is 2. The number of pyridine rings is 1. The van der Waals surface area contributed by atoms with Gasteiger partial charge in [-0.1, -0.05) is 18.2 Å².